The Kier molecular flexibility index (Phi) is 3.13. The summed E-state index contributed by atoms with van der Waals surface area (Å²) >= 11 is 0. The smallest absolute Gasteiger partial charge is 0.0179 e. The molecule has 0 saturated heterocycles. The maximum atomic E-state index is 4.20. The minimum atomic E-state index is 0.587. The average molecular weight is 327 g/mol. The van der Waals surface area contributed by atoms with Crippen molar-refractivity contribution in [2.45, 2.75) is 91.4 Å². The van der Waals surface area contributed by atoms with Gasteiger partial charge < -0.3 is 0 Å². The minimum Gasteiger partial charge on any atom is -0.103 e. The normalized spacial score (nSPS) is 61.3. The van der Waals surface area contributed by atoms with E-state index in [1.807, 2.05) is 0 Å². The highest BCUT2D eigenvalue weighted by molar-refractivity contribution is 5.26. The second kappa shape index (κ2) is 4.72. The van der Waals surface area contributed by atoms with Crippen molar-refractivity contribution in [1.82, 2.24) is 0 Å². The number of hydrogen-bond donors (Lipinski definition) is 0. The molecule has 0 bridgehead atoms. The molecule has 1 spiro atoms. The van der Waals surface area contributed by atoms with Crippen LogP contribution in [0.1, 0.15) is 91.4 Å². The minimum absolute atomic E-state index is 0.587. The molecule has 2 unspecified atom stereocenters. The molecule has 5 fully saturated rings. The second-order valence-electron chi connectivity index (χ2n) is 11.0. The predicted octanol–water partition coefficient (Wildman–Crippen LogP) is 7.00. The standard InChI is InChI=1S/C24H38/c1-5-17-8-9-19-18-10-15-24-16-23(24,6-2)13-7-12-22(24,4)20(18)11-14-21(17,19)3/h5,17-20H,1,6-16H2,2-4H3/t17-,18-,19-,20-,21+,22+,23?,24?/m0/s1. The van der Waals surface area contributed by atoms with Crippen LogP contribution in [0.5, 0.6) is 0 Å². The molecule has 8 atom stereocenters. The molecular weight excluding hydrogens is 288 g/mol. The predicted molar refractivity (Wildman–Crippen MR) is 102 cm³/mol. The first kappa shape index (κ1) is 16.0. The van der Waals surface area contributed by atoms with Gasteiger partial charge in [0.1, 0.15) is 0 Å². The lowest BCUT2D eigenvalue weighted by atomic mass is 9.43. The van der Waals surface area contributed by atoms with E-state index in [9.17, 15) is 0 Å². The molecule has 5 rings (SSSR count). The molecule has 5 saturated carbocycles. The van der Waals surface area contributed by atoms with Crippen LogP contribution in [-0.2, 0) is 0 Å². The monoisotopic (exact) mass is 326 g/mol. The first-order chi connectivity index (χ1) is 11.5. The van der Waals surface area contributed by atoms with Crippen molar-refractivity contribution in [2.75, 3.05) is 0 Å². The first-order valence-electron chi connectivity index (χ1n) is 11.1. The van der Waals surface area contributed by atoms with Crippen LogP contribution in [0, 0.1) is 45.3 Å². The quantitative estimate of drug-likeness (QED) is 0.479. The third kappa shape index (κ3) is 1.55. The molecule has 0 nitrogen and oxygen atoms in total. The fourth-order valence-corrected chi connectivity index (χ4v) is 9.84. The van der Waals surface area contributed by atoms with E-state index < -0.39 is 0 Å². The lowest BCUT2D eigenvalue weighted by Gasteiger charge is -2.62. The first-order valence-corrected chi connectivity index (χ1v) is 11.1. The van der Waals surface area contributed by atoms with Crippen molar-refractivity contribution in [1.29, 1.82) is 0 Å². The molecule has 24 heavy (non-hydrogen) atoms. The fourth-order valence-electron chi connectivity index (χ4n) is 9.84. The summed E-state index contributed by atoms with van der Waals surface area (Å²) in [6.45, 7) is 12.1. The summed E-state index contributed by atoms with van der Waals surface area (Å²) in [4.78, 5) is 0. The average Bonchev–Trinajstić information content (AvgIpc) is 3.13. The van der Waals surface area contributed by atoms with Crippen molar-refractivity contribution in [2.24, 2.45) is 45.3 Å². The van der Waals surface area contributed by atoms with Gasteiger partial charge in [-0.25, -0.2) is 0 Å². The Hall–Kier alpha value is -0.260. The van der Waals surface area contributed by atoms with Crippen LogP contribution in [0.2, 0.25) is 0 Å². The number of rotatable bonds is 2. The fraction of sp³-hybridized carbons (Fsp3) is 0.917. The van der Waals surface area contributed by atoms with E-state index in [0.717, 1.165) is 34.5 Å². The van der Waals surface area contributed by atoms with Crippen LogP contribution in [-0.4, -0.2) is 0 Å². The van der Waals surface area contributed by atoms with E-state index in [-0.39, 0.29) is 0 Å². The Morgan fingerprint density at radius 2 is 1.79 bits per heavy atom. The summed E-state index contributed by atoms with van der Waals surface area (Å²) in [5.74, 6) is 3.89. The highest BCUT2D eigenvalue weighted by atomic mass is 14.8. The highest BCUT2D eigenvalue weighted by Crippen LogP contribution is 2.85. The van der Waals surface area contributed by atoms with Gasteiger partial charge in [-0.15, -0.1) is 6.58 Å². The zero-order valence-corrected chi connectivity index (χ0v) is 16.4. The van der Waals surface area contributed by atoms with Crippen LogP contribution in [0.15, 0.2) is 12.7 Å². The Morgan fingerprint density at radius 1 is 0.958 bits per heavy atom. The molecule has 0 aromatic heterocycles. The zero-order chi connectivity index (χ0) is 16.8. The summed E-state index contributed by atoms with van der Waals surface area (Å²) < 4.78 is 0. The molecule has 134 valence electrons. The third-order valence-electron chi connectivity index (χ3n) is 11.2. The zero-order valence-electron chi connectivity index (χ0n) is 16.4. The van der Waals surface area contributed by atoms with Crippen LogP contribution >= 0.6 is 0 Å². The Labute approximate surface area is 149 Å². The summed E-state index contributed by atoms with van der Waals surface area (Å²) in [5.41, 5.74) is 2.80. The van der Waals surface area contributed by atoms with Crippen molar-refractivity contribution in [3.8, 4) is 0 Å². The van der Waals surface area contributed by atoms with E-state index >= 15 is 0 Å². The molecule has 0 amide bonds. The third-order valence-corrected chi connectivity index (χ3v) is 11.2. The number of fused-ring (bicyclic) bond motifs is 4. The topological polar surface area (TPSA) is 0 Å². The van der Waals surface area contributed by atoms with Crippen LogP contribution in [0.3, 0.4) is 0 Å². The van der Waals surface area contributed by atoms with Gasteiger partial charge in [0.05, 0.1) is 0 Å². The molecule has 0 aromatic carbocycles. The molecule has 0 heteroatoms. The Morgan fingerprint density at radius 3 is 2.54 bits per heavy atom. The molecule has 5 aliphatic rings. The molecule has 5 aliphatic carbocycles. The highest BCUT2D eigenvalue weighted by Gasteiger charge is 2.77. The molecule has 0 aromatic rings. The van der Waals surface area contributed by atoms with Crippen LogP contribution < -0.4 is 0 Å². The number of hydrogen-bond acceptors (Lipinski definition) is 0. The summed E-state index contributed by atoms with van der Waals surface area (Å²) in [6.07, 6.45) is 19.1. The lowest BCUT2D eigenvalue weighted by Crippen LogP contribution is -2.54. The lowest BCUT2D eigenvalue weighted by molar-refractivity contribution is -0.130. The molecule has 0 heterocycles. The Bertz CT molecular complexity index is 562. The molecule has 0 aliphatic heterocycles. The molecule has 0 radical (unpaired) electrons. The van der Waals surface area contributed by atoms with Crippen molar-refractivity contribution in [3.05, 3.63) is 12.7 Å². The number of allylic oxidation sites excluding steroid dienone is 1. The molecule has 0 N–H and O–H groups in total. The maximum absolute atomic E-state index is 4.20. The van der Waals surface area contributed by atoms with Gasteiger partial charge in [0.25, 0.3) is 0 Å². The van der Waals surface area contributed by atoms with E-state index in [1.165, 1.54) is 38.5 Å². The largest absolute Gasteiger partial charge is 0.103 e. The van der Waals surface area contributed by atoms with Gasteiger partial charge in [-0.05, 0) is 110 Å². The van der Waals surface area contributed by atoms with Crippen molar-refractivity contribution >= 4 is 0 Å². The molecular formula is C24H38. The van der Waals surface area contributed by atoms with Crippen molar-refractivity contribution < 1.29 is 0 Å². The SMILES string of the molecule is C=C[C@H]1CC[C@H]2[C@@H]3CCC45CC4(CC)CCC[C@]5(C)[C@H]3CC[C@]12C. The van der Waals surface area contributed by atoms with Gasteiger partial charge in [-0.3, -0.25) is 0 Å². The van der Waals surface area contributed by atoms with Gasteiger partial charge in [0.15, 0.2) is 0 Å². The van der Waals surface area contributed by atoms with Gasteiger partial charge in [0.2, 0.25) is 0 Å². The summed E-state index contributed by atoms with van der Waals surface area (Å²) in [7, 11) is 0. The second-order valence-corrected chi connectivity index (χ2v) is 11.0. The van der Waals surface area contributed by atoms with Crippen LogP contribution in [0.25, 0.3) is 0 Å². The van der Waals surface area contributed by atoms with E-state index in [4.69, 9.17) is 0 Å². The van der Waals surface area contributed by atoms with E-state index in [1.54, 1.807) is 32.1 Å². The van der Waals surface area contributed by atoms with E-state index in [0.29, 0.717) is 10.8 Å². The van der Waals surface area contributed by atoms with E-state index in [2.05, 4.69) is 33.4 Å². The van der Waals surface area contributed by atoms with Crippen LogP contribution in [0.4, 0.5) is 0 Å². The van der Waals surface area contributed by atoms with Gasteiger partial charge >= 0.3 is 0 Å². The van der Waals surface area contributed by atoms with Crippen molar-refractivity contribution in [3.63, 3.8) is 0 Å². The van der Waals surface area contributed by atoms with Gasteiger partial charge in [-0.1, -0.05) is 33.3 Å². The maximum Gasteiger partial charge on any atom is -0.0179 e. The van der Waals surface area contributed by atoms with Gasteiger partial charge in [-0.2, -0.15) is 0 Å². The Balaban J connectivity index is 1.50. The summed E-state index contributed by atoms with van der Waals surface area (Å²) in [5, 5.41) is 0. The summed E-state index contributed by atoms with van der Waals surface area (Å²) in [6, 6.07) is 0. The van der Waals surface area contributed by atoms with Gasteiger partial charge in [0, 0.05) is 0 Å².